The zero-order chi connectivity index (χ0) is 15.6. The number of hydrogen-bond acceptors (Lipinski definition) is 5. The second kappa shape index (κ2) is 6.13. The quantitative estimate of drug-likeness (QED) is 0.669. The molecule has 1 heterocycles. The van der Waals surface area contributed by atoms with E-state index in [2.05, 4.69) is 10.3 Å². The van der Waals surface area contributed by atoms with Crippen LogP contribution in [0.25, 0.3) is 0 Å². The van der Waals surface area contributed by atoms with Crippen molar-refractivity contribution in [3.05, 3.63) is 11.4 Å². The van der Waals surface area contributed by atoms with Crippen LogP contribution in [-0.2, 0) is 4.74 Å². The van der Waals surface area contributed by atoms with E-state index in [1.165, 1.54) is 0 Å². The van der Waals surface area contributed by atoms with E-state index in [0.29, 0.717) is 5.69 Å². The highest BCUT2D eigenvalue weighted by atomic mass is 16.6. The first kappa shape index (κ1) is 15.9. The molecule has 118 valence electrons. The molecule has 1 N–H and O–H groups in total. The van der Waals surface area contributed by atoms with Gasteiger partial charge in [0.2, 0.25) is 0 Å². The van der Waals surface area contributed by atoms with Gasteiger partial charge in [-0.25, -0.2) is 9.48 Å². The normalized spacial score (nSPS) is 23.7. The smallest absolute Gasteiger partial charge is 0.361 e. The van der Waals surface area contributed by atoms with Crippen LogP contribution in [0.15, 0.2) is 0 Å². The first-order chi connectivity index (χ1) is 9.79. The number of aliphatic hydroxyl groups is 1. The maximum atomic E-state index is 12.1. The fraction of sp³-hybridized carbons (Fsp3) is 0.800. The maximum Gasteiger partial charge on any atom is 0.361 e. The van der Waals surface area contributed by atoms with Crippen molar-refractivity contribution >= 4 is 5.97 Å². The van der Waals surface area contributed by atoms with Gasteiger partial charge in [-0.05, 0) is 40.5 Å². The number of nitrogens with zero attached hydrogens (tertiary/aromatic N) is 3. The summed E-state index contributed by atoms with van der Waals surface area (Å²) in [6, 6.07) is -0.101. The number of aromatic nitrogens is 3. The van der Waals surface area contributed by atoms with Crippen molar-refractivity contribution in [2.75, 3.05) is 0 Å². The molecular weight excluding hydrogens is 270 g/mol. The Labute approximate surface area is 125 Å². The van der Waals surface area contributed by atoms with Gasteiger partial charge in [0.25, 0.3) is 0 Å². The Hall–Kier alpha value is -1.43. The third-order valence-corrected chi connectivity index (χ3v) is 3.78. The van der Waals surface area contributed by atoms with Gasteiger partial charge >= 0.3 is 5.97 Å². The van der Waals surface area contributed by atoms with Gasteiger partial charge in [-0.15, -0.1) is 5.10 Å². The van der Waals surface area contributed by atoms with E-state index < -0.39 is 17.7 Å². The third-order valence-electron chi connectivity index (χ3n) is 3.78. The van der Waals surface area contributed by atoms with Gasteiger partial charge in [0.1, 0.15) is 5.60 Å². The fourth-order valence-corrected chi connectivity index (χ4v) is 2.72. The first-order valence-electron chi connectivity index (χ1n) is 7.63. The van der Waals surface area contributed by atoms with Gasteiger partial charge in [-0.3, -0.25) is 0 Å². The summed E-state index contributed by atoms with van der Waals surface area (Å²) < 4.78 is 7.03. The highest BCUT2D eigenvalue weighted by Gasteiger charge is 2.29. The second-order valence-electron chi connectivity index (χ2n) is 6.74. The van der Waals surface area contributed by atoms with E-state index in [9.17, 15) is 9.90 Å². The molecule has 0 aromatic carbocycles. The average Bonchev–Trinajstić information content (AvgIpc) is 2.60. The predicted molar refractivity (Wildman–Crippen MR) is 78.1 cm³/mol. The van der Waals surface area contributed by atoms with Crippen LogP contribution in [-0.4, -0.2) is 37.8 Å². The summed E-state index contributed by atoms with van der Waals surface area (Å²) in [5.41, 5.74) is 0.339. The molecule has 0 saturated heterocycles. The topological polar surface area (TPSA) is 77.2 Å². The summed E-state index contributed by atoms with van der Waals surface area (Å²) in [4.78, 5) is 12.1. The van der Waals surface area contributed by atoms with Gasteiger partial charge in [-0.1, -0.05) is 24.5 Å². The molecule has 21 heavy (non-hydrogen) atoms. The molecule has 2 unspecified atom stereocenters. The van der Waals surface area contributed by atoms with E-state index in [1.807, 2.05) is 20.8 Å². The van der Waals surface area contributed by atoms with Crippen LogP contribution in [0, 0.1) is 6.92 Å². The summed E-state index contributed by atoms with van der Waals surface area (Å²) in [5, 5.41) is 18.3. The number of ether oxygens (including phenoxy) is 1. The molecule has 1 saturated carbocycles. The molecule has 2 rings (SSSR count). The number of esters is 1. The number of carbonyl (C=O) groups is 1. The fourth-order valence-electron chi connectivity index (χ4n) is 2.72. The lowest BCUT2D eigenvalue weighted by Crippen LogP contribution is -2.26. The molecule has 0 aliphatic heterocycles. The Bertz CT molecular complexity index is 505. The standard InChI is InChI=1S/C15H25N3O3/c1-10-13(14(20)21-15(2,3)4)16-17-18(10)11-8-6-5-7-9-12(11)19/h11-12,19H,5-9H2,1-4H3. The zero-order valence-corrected chi connectivity index (χ0v) is 13.3. The summed E-state index contributed by atoms with van der Waals surface area (Å²) in [7, 11) is 0. The molecule has 6 heteroatoms. The largest absolute Gasteiger partial charge is 0.455 e. The number of hydrogen-bond donors (Lipinski definition) is 1. The van der Waals surface area contributed by atoms with Crippen LogP contribution < -0.4 is 0 Å². The molecule has 0 spiro atoms. The number of carbonyl (C=O) groups excluding carboxylic acids is 1. The minimum absolute atomic E-state index is 0.101. The Morgan fingerprint density at radius 2 is 1.95 bits per heavy atom. The summed E-state index contributed by atoms with van der Waals surface area (Å²) in [6.07, 6.45) is 4.41. The van der Waals surface area contributed by atoms with Crippen molar-refractivity contribution in [2.45, 2.75) is 77.5 Å². The number of aliphatic hydroxyl groups excluding tert-OH is 1. The molecule has 0 radical (unpaired) electrons. The van der Waals surface area contributed by atoms with E-state index in [-0.39, 0.29) is 11.7 Å². The van der Waals surface area contributed by atoms with E-state index in [0.717, 1.165) is 32.1 Å². The lowest BCUT2D eigenvalue weighted by Gasteiger charge is -2.22. The molecule has 1 aromatic heterocycles. The van der Waals surface area contributed by atoms with Crippen molar-refractivity contribution in [2.24, 2.45) is 0 Å². The van der Waals surface area contributed by atoms with Gasteiger partial charge < -0.3 is 9.84 Å². The lowest BCUT2D eigenvalue weighted by atomic mass is 10.1. The number of rotatable bonds is 2. The highest BCUT2D eigenvalue weighted by Crippen LogP contribution is 2.28. The zero-order valence-electron chi connectivity index (χ0n) is 13.3. The average molecular weight is 295 g/mol. The highest BCUT2D eigenvalue weighted by molar-refractivity contribution is 5.88. The van der Waals surface area contributed by atoms with Crippen molar-refractivity contribution in [3.8, 4) is 0 Å². The van der Waals surface area contributed by atoms with Gasteiger partial charge in [0, 0.05) is 0 Å². The van der Waals surface area contributed by atoms with Crippen LogP contribution in [0.2, 0.25) is 0 Å². The van der Waals surface area contributed by atoms with Crippen molar-refractivity contribution in [1.82, 2.24) is 15.0 Å². The summed E-state index contributed by atoms with van der Waals surface area (Å²) in [5.74, 6) is -0.464. The Morgan fingerprint density at radius 1 is 1.29 bits per heavy atom. The Morgan fingerprint density at radius 3 is 2.62 bits per heavy atom. The Kier molecular flexibility index (Phi) is 4.66. The molecule has 0 amide bonds. The summed E-state index contributed by atoms with van der Waals surface area (Å²) >= 11 is 0. The molecular formula is C15H25N3O3. The van der Waals surface area contributed by atoms with Crippen LogP contribution >= 0.6 is 0 Å². The molecule has 0 bridgehead atoms. The first-order valence-corrected chi connectivity index (χ1v) is 7.63. The molecule has 1 aromatic rings. The second-order valence-corrected chi connectivity index (χ2v) is 6.74. The molecule has 1 fully saturated rings. The van der Waals surface area contributed by atoms with Crippen molar-refractivity contribution in [3.63, 3.8) is 0 Å². The lowest BCUT2D eigenvalue weighted by molar-refractivity contribution is 0.00615. The van der Waals surface area contributed by atoms with Gasteiger partial charge in [0.15, 0.2) is 5.69 Å². The monoisotopic (exact) mass is 295 g/mol. The molecule has 2 atom stereocenters. The minimum Gasteiger partial charge on any atom is -0.455 e. The Balaban J connectivity index is 2.21. The molecule has 6 nitrogen and oxygen atoms in total. The van der Waals surface area contributed by atoms with Gasteiger partial charge in [-0.2, -0.15) is 0 Å². The summed E-state index contributed by atoms with van der Waals surface area (Å²) in [6.45, 7) is 7.26. The SMILES string of the molecule is Cc1c(C(=O)OC(C)(C)C)nnn1C1CCCCCC1O. The van der Waals surface area contributed by atoms with Crippen molar-refractivity contribution < 1.29 is 14.6 Å². The predicted octanol–water partition coefficient (Wildman–Crippen LogP) is 2.41. The van der Waals surface area contributed by atoms with E-state index in [4.69, 9.17) is 4.74 Å². The molecule has 1 aliphatic rings. The third kappa shape index (κ3) is 3.81. The maximum absolute atomic E-state index is 12.1. The van der Waals surface area contributed by atoms with Crippen molar-refractivity contribution in [1.29, 1.82) is 0 Å². The van der Waals surface area contributed by atoms with Crippen LogP contribution in [0.5, 0.6) is 0 Å². The van der Waals surface area contributed by atoms with Gasteiger partial charge in [0.05, 0.1) is 17.8 Å². The molecule has 1 aliphatic carbocycles. The minimum atomic E-state index is -0.560. The van der Waals surface area contributed by atoms with Crippen LogP contribution in [0.3, 0.4) is 0 Å². The van der Waals surface area contributed by atoms with E-state index in [1.54, 1.807) is 11.6 Å². The van der Waals surface area contributed by atoms with Crippen LogP contribution in [0.4, 0.5) is 0 Å². The van der Waals surface area contributed by atoms with Crippen LogP contribution in [0.1, 0.15) is 75.1 Å². The van der Waals surface area contributed by atoms with E-state index >= 15 is 0 Å².